The van der Waals surface area contributed by atoms with Gasteiger partial charge in [-0.2, -0.15) is 0 Å². The van der Waals surface area contributed by atoms with Gasteiger partial charge in [0, 0.05) is 28.6 Å². The molecule has 0 amide bonds. The molecule has 0 aromatic heterocycles. The number of hydrogen-bond acceptors (Lipinski definition) is 17. The Morgan fingerprint density at radius 3 is 1.32 bits per heavy atom. The molecule has 0 fully saturated rings. The summed E-state index contributed by atoms with van der Waals surface area (Å²) in [5, 5.41) is 100. The number of aryl methyl sites for hydroxylation is 7. The molecule has 0 radical (unpaired) electrons. The van der Waals surface area contributed by atoms with Gasteiger partial charge in [0.25, 0.3) is 6.47 Å². The maximum absolute atomic E-state index is 10.6. The second-order valence-electron chi connectivity index (χ2n) is 16.3. The topological polar surface area (TPSA) is 404 Å². The number of aromatic hydroxyl groups is 8. The van der Waals surface area contributed by atoms with Gasteiger partial charge in [0.15, 0.2) is 23.0 Å². The van der Waals surface area contributed by atoms with Crippen molar-refractivity contribution in [2.45, 2.75) is 81.3 Å². The SMILES string of the molecule is Cc1cc(C(N)C(=O)O)cc(O)c1O.Cc1cc(N)cc(O)c1O.Cc1cc(OC=O)cc(C)c1O.Cc1ccc(C(=O)O)c(C)c1O.Cc1ccc(C(N)C(=O)O)c(C)c1O.Cc1ccc(N)c(C)c1O. The third-order valence-electron chi connectivity index (χ3n) is 10.7. The van der Waals surface area contributed by atoms with Crippen molar-refractivity contribution < 1.29 is 80.1 Å². The van der Waals surface area contributed by atoms with Crippen molar-refractivity contribution in [1.29, 1.82) is 0 Å². The molecule has 6 aromatic carbocycles. The van der Waals surface area contributed by atoms with E-state index >= 15 is 0 Å². The Hall–Kier alpha value is -8.88. The molecule has 0 saturated heterocycles. The molecule has 388 valence electrons. The molecule has 0 saturated carbocycles. The first-order chi connectivity index (χ1) is 33.3. The number of nitrogens with two attached hydrogens (primary N) is 4. The lowest BCUT2D eigenvalue weighted by Crippen LogP contribution is -2.21. The van der Waals surface area contributed by atoms with E-state index in [1.807, 2.05) is 6.92 Å². The predicted molar refractivity (Wildman–Crippen MR) is 271 cm³/mol. The predicted octanol–water partition coefficient (Wildman–Crippen LogP) is 7.42. The summed E-state index contributed by atoms with van der Waals surface area (Å²) >= 11 is 0. The highest BCUT2D eigenvalue weighted by molar-refractivity contribution is 5.90. The Bertz CT molecular complexity index is 2810. The van der Waals surface area contributed by atoms with E-state index in [1.165, 1.54) is 18.2 Å². The van der Waals surface area contributed by atoms with Gasteiger partial charge in [-0.1, -0.05) is 24.3 Å². The Kier molecular flexibility index (Phi) is 23.2. The highest BCUT2D eigenvalue weighted by Crippen LogP contribution is 2.33. The summed E-state index contributed by atoms with van der Waals surface area (Å²) in [5.74, 6) is -3.01. The van der Waals surface area contributed by atoms with Crippen LogP contribution in [0.2, 0.25) is 0 Å². The molecular weight excluding hydrogens is 937 g/mol. The molecule has 0 bridgehead atoms. The van der Waals surface area contributed by atoms with Crippen LogP contribution in [0.25, 0.3) is 0 Å². The number of aromatic carboxylic acids is 1. The lowest BCUT2D eigenvalue weighted by molar-refractivity contribution is -0.139. The van der Waals surface area contributed by atoms with Gasteiger partial charge < -0.3 is 83.8 Å². The molecule has 0 aliphatic rings. The number of ether oxygens (including phenoxy) is 1. The van der Waals surface area contributed by atoms with Crippen molar-refractivity contribution in [3.8, 4) is 51.7 Å². The van der Waals surface area contributed by atoms with Gasteiger partial charge >= 0.3 is 17.9 Å². The van der Waals surface area contributed by atoms with Crippen molar-refractivity contribution in [3.05, 3.63) is 145 Å². The van der Waals surface area contributed by atoms with Gasteiger partial charge in [-0.05, 0) is 167 Å². The maximum Gasteiger partial charge on any atom is 0.336 e. The van der Waals surface area contributed by atoms with Gasteiger partial charge in [0.1, 0.15) is 40.8 Å². The quantitative estimate of drug-likeness (QED) is 0.0320. The fourth-order valence-electron chi connectivity index (χ4n) is 6.18. The van der Waals surface area contributed by atoms with Crippen LogP contribution in [0.15, 0.2) is 72.8 Å². The van der Waals surface area contributed by atoms with E-state index in [-0.39, 0.29) is 51.4 Å². The zero-order valence-corrected chi connectivity index (χ0v) is 41.4. The number of nitrogen functional groups attached to an aromatic ring is 2. The van der Waals surface area contributed by atoms with Gasteiger partial charge in [-0.3, -0.25) is 14.4 Å². The van der Waals surface area contributed by atoms with E-state index < -0.39 is 30.0 Å². The van der Waals surface area contributed by atoms with Gasteiger partial charge in [0.2, 0.25) is 0 Å². The number of phenolic OH excluding ortho intramolecular Hbond substituents is 8. The molecule has 20 nitrogen and oxygen atoms in total. The number of rotatable bonds is 7. The summed E-state index contributed by atoms with van der Waals surface area (Å²) in [6.07, 6.45) is 0. The van der Waals surface area contributed by atoms with Gasteiger partial charge in [0.05, 0.1) is 5.56 Å². The van der Waals surface area contributed by atoms with E-state index in [0.717, 1.165) is 17.2 Å². The van der Waals surface area contributed by atoms with Crippen LogP contribution in [-0.4, -0.2) is 80.6 Å². The van der Waals surface area contributed by atoms with Crippen molar-refractivity contribution in [1.82, 2.24) is 0 Å². The average molecular weight is 1000 g/mol. The Labute approximate surface area is 415 Å². The Morgan fingerprint density at radius 1 is 0.472 bits per heavy atom. The lowest BCUT2D eigenvalue weighted by Gasteiger charge is -2.12. The highest BCUT2D eigenvalue weighted by Gasteiger charge is 2.19. The fraction of sp³-hybridized carbons (Fsp3) is 0.231. The van der Waals surface area contributed by atoms with Gasteiger partial charge in [-0.25, -0.2) is 4.79 Å². The minimum atomic E-state index is -1.19. The van der Waals surface area contributed by atoms with Crippen LogP contribution < -0.4 is 27.7 Å². The Morgan fingerprint density at radius 2 is 0.889 bits per heavy atom. The number of carboxylic acid groups (broad SMARTS) is 3. The third kappa shape index (κ3) is 17.3. The summed E-state index contributed by atoms with van der Waals surface area (Å²) in [5.41, 5.74) is 30.0. The molecule has 0 spiro atoms. The van der Waals surface area contributed by atoms with E-state index in [2.05, 4.69) is 4.74 Å². The molecule has 19 N–H and O–H groups in total. The molecule has 6 rings (SSSR count). The number of hydrogen-bond donors (Lipinski definition) is 15. The van der Waals surface area contributed by atoms with Crippen LogP contribution in [0.4, 0.5) is 11.4 Å². The molecule has 72 heavy (non-hydrogen) atoms. The highest BCUT2D eigenvalue weighted by atomic mass is 16.5. The van der Waals surface area contributed by atoms with Crippen molar-refractivity contribution in [2.24, 2.45) is 11.5 Å². The van der Waals surface area contributed by atoms with E-state index in [4.69, 9.17) is 48.5 Å². The second kappa shape index (κ2) is 27.3. The molecule has 2 unspecified atom stereocenters. The number of anilines is 2. The standard InChI is InChI=1S/C10H13NO3.C9H11NO4.2C9H10O3.C8H11NO.C7H9NO2/c1-5-3-4-7(6(2)9(5)12)8(11)10(13)14;1-4-2-5(7(10)9(13)14)3-6(11)8(4)12;1-6-3-8(12-5-10)4-7(2)9(6)11;1-5-3-4-7(9(11)12)6(2)8(5)10;1-5-3-4-7(9)6(2)8(5)10;1-4-2-5(8)3-6(9)7(4)10/h3-4,8,12H,11H2,1-2H3,(H,13,14);2-3,7,11-12H,10H2,1H3,(H,13,14);3-5,11H,1-2H3;3-4,10H,1-2H3,(H,11,12);3-4,10H,9H2,1-2H3;2-3,9-10H,8H2,1H3. The number of benzene rings is 6. The summed E-state index contributed by atoms with van der Waals surface area (Å²) in [7, 11) is 0. The van der Waals surface area contributed by atoms with Crippen LogP contribution in [0.1, 0.15) is 89.2 Å². The van der Waals surface area contributed by atoms with Crippen molar-refractivity contribution in [3.63, 3.8) is 0 Å². The zero-order chi connectivity index (χ0) is 55.6. The van der Waals surface area contributed by atoms with Crippen LogP contribution in [0, 0.1) is 69.2 Å². The third-order valence-corrected chi connectivity index (χ3v) is 10.7. The zero-order valence-electron chi connectivity index (χ0n) is 41.4. The minimum Gasteiger partial charge on any atom is -0.507 e. The van der Waals surface area contributed by atoms with Crippen LogP contribution in [0.3, 0.4) is 0 Å². The number of carbonyl (C=O) groups is 4. The molecule has 2 atom stereocenters. The molecule has 0 heterocycles. The molecule has 0 aliphatic carbocycles. The summed E-state index contributed by atoms with van der Waals surface area (Å²) in [6, 6.07) is 16.4. The van der Waals surface area contributed by atoms with E-state index in [1.54, 1.807) is 111 Å². The first-order valence-electron chi connectivity index (χ1n) is 21.3. The molecule has 0 aliphatic heterocycles. The monoisotopic (exact) mass is 1000 g/mol. The summed E-state index contributed by atoms with van der Waals surface area (Å²) in [6.45, 7) is 17.5. The molecule has 6 aromatic rings. The Balaban J connectivity index is 0.000000434. The number of phenols is 8. The van der Waals surface area contributed by atoms with Crippen LogP contribution in [-0.2, 0) is 14.4 Å². The van der Waals surface area contributed by atoms with E-state index in [9.17, 15) is 49.8 Å². The number of carbonyl (C=O) groups excluding carboxylic acids is 1. The lowest BCUT2D eigenvalue weighted by atomic mass is 9.99. The smallest absolute Gasteiger partial charge is 0.336 e. The first-order valence-corrected chi connectivity index (χ1v) is 21.3. The minimum absolute atomic E-state index is 0.0647. The average Bonchev–Trinajstić information content (AvgIpc) is 3.31. The first kappa shape index (κ1) is 61.1. The van der Waals surface area contributed by atoms with Gasteiger partial charge in [-0.15, -0.1) is 0 Å². The van der Waals surface area contributed by atoms with Crippen LogP contribution in [0.5, 0.6) is 51.7 Å². The number of carboxylic acids is 3. The number of aliphatic carboxylic acids is 2. The largest absolute Gasteiger partial charge is 0.507 e. The van der Waals surface area contributed by atoms with Crippen molar-refractivity contribution >= 4 is 35.8 Å². The molecular formula is C52H64N4O16. The van der Waals surface area contributed by atoms with E-state index in [0.29, 0.717) is 79.4 Å². The second-order valence-corrected chi connectivity index (χ2v) is 16.3. The summed E-state index contributed by atoms with van der Waals surface area (Å²) in [4.78, 5) is 41.8. The summed E-state index contributed by atoms with van der Waals surface area (Å²) < 4.78 is 4.63. The van der Waals surface area contributed by atoms with Crippen molar-refractivity contribution in [2.75, 3.05) is 11.5 Å². The maximum atomic E-state index is 10.6. The molecule has 20 heteroatoms. The normalized spacial score (nSPS) is 10.8. The van der Waals surface area contributed by atoms with Crippen LogP contribution >= 0.6 is 0 Å². The fourth-order valence-corrected chi connectivity index (χ4v) is 6.18.